The van der Waals surface area contributed by atoms with Crippen molar-refractivity contribution in [2.24, 2.45) is 0 Å². The van der Waals surface area contributed by atoms with Gasteiger partial charge in [0, 0.05) is 6.08 Å². The quantitative estimate of drug-likeness (QED) is 0.724. The highest BCUT2D eigenvalue weighted by molar-refractivity contribution is 9.10. The summed E-state index contributed by atoms with van der Waals surface area (Å²) in [4.78, 5) is 11.2. The molecule has 0 fully saturated rings. The minimum Gasteiger partial charge on any atom is -0.449 e. The topological polar surface area (TPSA) is 52.6 Å². The highest BCUT2D eigenvalue weighted by atomic mass is 79.9. The van der Waals surface area contributed by atoms with Crippen molar-refractivity contribution in [2.45, 2.75) is 0 Å². The van der Waals surface area contributed by atoms with E-state index >= 15 is 0 Å². The first-order valence-electron chi connectivity index (χ1n) is 5.29. The van der Waals surface area contributed by atoms with Crippen LogP contribution in [0, 0.1) is 0 Å². The standard InChI is InChI=1S/C13H6Br2O4/c14-10-4-1-7(17-10)13(8-2-5-11(15)18-8)9-3-6-12(16)19-9/h1-6H. The van der Waals surface area contributed by atoms with Gasteiger partial charge in [0.2, 0.25) is 0 Å². The second kappa shape index (κ2) is 4.86. The third kappa shape index (κ3) is 2.46. The Balaban J connectivity index is 2.17. The van der Waals surface area contributed by atoms with E-state index in [4.69, 9.17) is 13.6 Å². The van der Waals surface area contributed by atoms with Gasteiger partial charge in [0.25, 0.3) is 0 Å². The molecule has 19 heavy (non-hydrogen) atoms. The first-order valence-corrected chi connectivity index (χ1v) is 6.87. The molecule has 0 aromatic carbocycles. The second-order valence-corrected chi connectivity index (χ2v) is 5.26. The zero-order valence-electron chi connectivity index (χ0n) is 9.35. The number of esters is 1. The smallest absolute Gasteiger partial charge is 0.336 e. The fourth-order valence-electron chi connectivity index (χ4n) is 1.72. The van der Waals surface area contributed by atoms with Crippen molar-refractivity contribution < 1.29 is 18.4 Å². The number of carbonyl (C=O) groups is 1. The normalized spacial score (nSPS) is 14.0. The van der Waals surface area contributed by atoms with Gasteiger partial charge in [-0.3, -0.25) is 0 Å². The molecule has 3 rings (SSSR count). The van der Waals surface area contributed by atoms with Crippen molar-refractivity contribution >= 4 is 43.4 Å². The summed E-state index contributed by atoms with van der Waals surface area (Å²) in [6.07, 6.45) is 2.94. The molecular weight excluding hydrogens is 380 g/mol. The number of rotatable bonds is 2. The molecule has 0 amide bonds. The predicted octanol–water partition coefficient (Wildman–Crippen LogP) is 4.27. The lowest BCUT2D eigenvalue weighted by Crippen LogP contribution is -1.95. The Morgan fingerprint density at radius 2 is 1.47 bits per heavy atom. The Labute approximate surface area is 125 Å². The van der Waals surface area contributed by atoms with Crippen LogP contribution in [0.4, 0.5) is 0 Å². The van der Waals surface area contributed by atoms with Crippen LogP contribution in [0.25, 0.3) is 5.57 Å². The van der Waals surface area contributed by atoms with Crippen LogP contribution in [0.15, 0.2) is 60.4 Å². The number of ether oxygens (including phenoxy) is 1. The number of allylic oxidation sites excluding steroid dienone is 1. The van der Waals surface area contributed by atoms with Gasteiger partial charge < -0.3 is 13.6 Å². The first-order chi connectivity index (χ1) is 9.13. The summed E-state index contributed by atoms with van der Waals surface area (Å²) >= 11 is 6.49. The molecule has 2 aromatic rings. The number of hydrogen-bond acceptors (Lipinski definition) is 4. The molecule has 1 aliphatic heterocycles. The summed E-state index contributed by atoms with van der Waals surface area (Å²) in [5, 5.41) is 0. The Bertz CT molecular complexity index is 664. The third-order valence-electron chi connectivity index (χ3n) is 2.47. The van der Waals surface area contributed by atoms with Crippen LogP contribution >= 0.6 is 31.9 Å². The largest absolute Gasteiger partial charge is 0.449 e. The van der Waals surface area contributed by atoms with Gasteiger partial charge in [-0.25, -0.2) is 4.79 Å². The minimum absolute atomic E-state index is 0.397. The lowest BCUT2D eigenvalue weighted by molar-refractivity contribution is -0.132. The SMILES string of the molecule is O=C1C=CC(=C(c2ccc(Br)o2)c2ccc(Br)o2)O1. The molecule has 6 heteroatoms. The number of halogens is 2. The highest BCUT2D eigenvalue weighted by Crippen LogP contribution is 2.34. The maximum atomic E-state index is 11.2. The lowest BCUT2D eigenvalue weighted by atomic mass is 10.1. The van der Waals surface area contributed by atoms with Gasteiger partial charge in [-0.2, -0.15) is 0 Å². The molecule has 0 spiro atoms. The van der Waals surface area contributed by atoms with Gasteiger partial charge in [0.05, 0.1) is 0 Å². The average Bonchev–Trinajstić information content (AvgIpc) is 3.05. The van der Waals surface area contributed by atoms with E-state index in [0.29, 0.717) is 32.2 Å². The minimum atomic E-state index is -0.413. The van der Waals surface area contributed by atoms with Gasteiger partial charge in [0.1, 0.15) is 22.9 Å². The number of carbonyl (C=O) groups excluding carboxylic acids is 1. The van der Waals surface area contributed by atoms with Crippen molar-refractivity contribution in [3.05, 3.63) is 63.0 Å². The fourth-order valence-corrected chi connectivity index (χ4v) is 2.33. The average molecular weight is 386 g/mol. The Morgan fingerprint density at radius 3 is 1.84 bits per heavy atom. The van der Waals surface area contributed by atoms with Crippen molar-refractivity contribution in [1.29, 1.82) is 0 Å². The van der Waals surface area contributed by atoms with Crippen LogP contribution in [-0.2, 0) is 9.53 Å². The van der Waals surface area contributed by atoms with E-state index in [0.717, 1.165) is 0 Å². The summed E-state index contributed by atoms with van der Waals surface area (Å²) in [6, 6.07) is 7.05. The van der Waals surface area contributed by atoms with E-state index in [1.165, 1.54) is 6.08 Å². The molecule has 4 nitrogen and oxygen atoms in total. The highest BCUT2D eigenvalue weighted by Gasteiger charge is 2.23. The molecule has 0 aliphatic carbocycles. The summed E-state index contributed by atoms with van der Waals surface area (Å²) in [6.45, 7) is 0. The van der Waals surface area contributed by atoms with Gasteiger partial charge in [-0.15, -0.1) is 0 Å². The Morgan fingerprint density at radius 1 is 0.895 bits per heavy atom. The van der Waals surface area contributed by atoms with Gasteiger partial charge in [-0.05, 0) is 62.2 Å². The molecular formula is C13H6Br2O4. The third-order valence-corrected chi connectivity index (χ3v) is 3.32. The Kier molecular flexibility index (Phi) is 3.20. The maximum Gasteiger partial charge on any atom is 0.336 e. The van der Waals surface area contributed by atoms with Gasteiger partial charge >= 0.3 is 5.97 Å². The van der Waals surface area contributed by atoms with Crippen molar-refractivity contribution in [2.75, 3.05) is 0 Å². The van der Waals surface area contributed by atoms with E-state index in [2.05, 4.69) is 31.9 Å². The fraction of sp³-hybridized carbons (Fsp3) is 0. The van der Waals surface area contributed by atoms with Crippen LogP contribution in [0.1, 0.15) is 11.5 Å². The van der Waals surface area contributed by atoms with E-state index < -0.39 is 5.97 Å². The molecule has 0 bridgehead atoms. The zero-order chi connectivity index (χ0) is 13.4. The monoisotopic (exact) mass is 384 g/mol. The van der Waals surface area contributed by atoms with Crippen LogP contribution in [-0.4, -0.2) is 5.97 Å². The van der Waals surface area contributed by atoms with E-state index in [9.17, 15) is 4.79 Å². The Hall–Kier alpha value is -1.53. The van der Waals surface area contributed by atoms with Crippen LogP contribution in [0.5, 0.6) is 0 Å². The van der Waals surface area contributed by atoms with Crippen molar-refractivity contribution in [3.63, 3.8) is 0 Å². The van der Waals surface area contributed by atoms with Crippen LogP contribution in [0.3, 0.4) is 0 Å². The maximum absolute atomic E-state index is 11.2. The first kappa shape index (κ1) is 12.5. The van der Waals surface area contributed by atoms with Crippen LogP contribution in [0.2, 0.25) is 0 Å². The number of furan rings is 2. The van der Waals surface area contributed by atoms with Crippen molar-refractivity contribution in [3.8, 4) is 0 Å². The summed E-state index contributed by atoms with van der Waals surface area (Å²) in [7, 11) is 0. The molecule has 0 atom stereocenters. The van der Waals surface area contributed by atoms with Gasteiger partial charge in [-0.1, -0.05) is 0 Å². The molecule has 1 aliphatic rings. The zero-order valence-corrected chi connectivity index (χ0v) is 12.5. The molecule has 0 saturated carbocycles. The predicted molar refractivity (Wildman–Crippen MR) is 74.1 cm³/mol. The molecule has 0 radical (unpaired) electrons. The molecule has 0 unspecified atom stereocenters. The summed E-state index contributed by atoms with van der Waals surface area (Å²) in [5.41, 5.74) is 0.582. The molecule has 96 valence electrons. The summed E-state index contributed by atoms with van der Waals surface area (Å²) < 4.78 is 17.3. The van der Waals surface area contributed by atoms with Crippen LogP contribution < -0.4 is 0 Å². The lowest BCUT2D eigenvalue weighted by Gasteiger charge is -2.04. The number of hydrogen-bond donors (Lipinski definition) is 0. The number of cyclic esters (lactones) is 1. The van der Waals surface area contributed by atoms with E-state index in [-0.39, 0.29) is 0 Å². The molecule has 0 N–H and O–H groups in total. The molecule has 0 saturated heterocycles. The second-order valence-electron chi connectivity index (χ2n) is 3.70. The molecule has 3 heterocycles. The summed E-state index contributed by atoms with van der Waals surface area (Å²) in [5.74, 6) is 1.07. The van der Waals surface area contributed by atoms with Crippen molar-refractivity contribution in [1.82, 2.24) is 0 Å². The molecule has 2 aromatic heterocycles. The van der Waals surface area contributed by atoms with Gasteiger partial charge in [0.15, 0.2) is 9.34 Å². The van der Waals surface area contributed by atoms with E-state index in [1.807, 2.05) is 0 Å². The van der Waals surface area contributed by atoms with E-state index in [1.54, 1.807) is 30.3 Å².